The molecule has 1 aromatic heterocycles. The second-order valence-corrected chi connectivity index (χ2v) is 5.50. The van der Waals surface area contributed by atoms with Gasteiger partial charge < -0.3 is 20.9 Å². The average molecular weight is 356 g/mol. The quantitative estimate of drug-likeness (QED) is 0.512. The summed E-state index contributed by atoms with van der Waals surface area (Å²) in [4.78, 5) is 14.8. The third kappa shape index (κ3) is 4.73. The van der Waals surface area contributed by atoms with E-state index in [1.807, 2.05) is 0 Å². The summed E-state index contributed by atoms with van der Waals surface area (Å²) in [5.74, 6) is 0.415. The number of carbonyl (C=O) groups excluding carboxylic acids is 1. The van der Waals surface area contributed by atoms with E-state index in [-0.39, 0.29) is 17.4 Å². The van der Waals surface area contributed by atoms with Crippen molar-refractivity contribution in [3.63, 3.8) is 0 Å². The molecule has 0 atom stereocenters. The van der Waals surface area contributed by atoms with E-state index in [4.69, 9.17) is 32.5 Å². The number of thiazole rings is 1. The molecule has 0 unspecified atom stereocenters. The second-order valence-electron chi connectivity index (χ2n) is 4.24. The third-order valence-electron chi connectivity index (χ3n) is 2.51. The van der Waals surface area contributed by atoms with Crippen LogP contribution in [0.1, 0.15) is 5.56 Å². The first kappa shape index (κ1) is 16.8. The topological polar surface area (TPSA) is 125 Å². The first-order valence-corrected chi connectivity index (χ1v) is 7.54. The van der Waals surface area contributed by atoms with Crippen LogP contribution >= 0.6 is 22.9 Å². The van der Waals surface area contributed by atoms with Crippen molar-refractivity contribution in [1.82, 2.24) is 4.98 Å². The monoisotopic (exact) mass is 355 g/mol. The number of carbonyl (C=O) groups is 1. The van der Waals surface area contributed by atoms with Crippen LogP contribution in [0, 0.1) is 0 Å². The fourth-order valence-electron chi connectivity index (χ4n) is 1.60. The zero-order valence-electron chi connectivity index (χ0n) is 12.1. The molecule has 10 heteroatoms. The Morgan fingerprint density at radius 1 is 1.57 bits per heavy atom. The van der Waals surface area contributed by atoms with Gasteiger partial charge in [0, 0.05) is 5.38 Å². The van der Waals surface area contributed by atoms with Gasteiger partial charge in [0.2, 0.25) is 5.13 Å². The molecular formula is C13H14ClN5O3S. The SMILES string of the molecule is COc1cc(C=NNc2nc(N)cs2)cc(Cl)c1OCC(N)=O. The lowest BCUT2D eigenvalue weighted by Crippen LogP contribution is -2.20. The number of nitrogens with two attached hydrogens (primary N) is 2. The second kappa shape index (κ2) is 7.65. The van der Waals surface area contributed by atoms with Crippen molar-refractivity contribution in [3.8, 4) is 11.5 Å². The van der Waals surface area contributed by atoms with Gasteiger partial charge in [0.05, 0.1) is 18.3 Å². The molecule has 2 rings (SSSR count). The Balaban J connectivity index is 2.13. The molecule has 0 saturated heterocycles. The maximum absolute atomic E-state index is 10.8. The van der Waals surface area contributed by atoms with Crippen molar-refractivity contribution >= 4 is 46.0 Å². The minimum Gasteiger partial charge on any atom is -0.493 e. The molecule has 1 amide bonds. The van der Waals surface area contributed by atoms with Gasteiger partial charge in [-0.25, -0.2) is 4.98 Å². The summed E-state index contributed by atoms with van der Waals surface area (Å²) >= 11 is 7.46. The highest BCUT2D eigenvalue weighted by atomic mass is 35.5. The van der Waals surface area contributed by atoms with E-state index >= 15 is 0 Å². The molecule has 122 valence electrons. The minimum absolute atomic E-state index is 0.241. The zero-order valence-corrected chi connectivity index (χ0v) is 13.6. The molecule has 0 aliphatic rings. The smallest absolute Gasteiger partial charge is 0.255 e. The Kier molecular flexibility index (Phi) is 5.61. The zero-order chi connectivity index (χ0) is 16.8. The number of benzene rings is 1. The highest BCUT2D eigenvalue weighted by Gasteiger charge is 2.12. The van der Waals surface area contributed by atoms with E-state index < -0.39 is 5.91 Å². The number of primary amides is 1. The van der Waals surface area contributed by atoms with Crippen molar-refractivity contribution < 1.29 is 14.3 Å². The number of rotatable bonds is 7. The first-order chi connectivity index (χ1) is 11.0. The molecule has 0 aliphatic heterocycles. The van der Waals surface area contributed by atoms with Gasteiger partial charge in [-0.15, -0.1) is 11.3 Å². The first-order valence-electron chi connectivity index (χ1n) is 6.28. The van der Waals surface area contributed by atoms with Gasteiger partial charge in [-0.3, -0.25) is 10.2 Å². The van der Waals surface area contributed by atoms with E-state index in [1.54, 1.807) is 17.5 Å². The molecule has 0 aliphatic carbocycles. The molecule has 23 heavy (non-hydrogen) atoms. The van der Waals surface area contributed by atoms with Crippen LogP contribution in [0.4, 0.5) is 10.9 Å². The molecule has 8 nitrogen and oxygen atoms in total. The van der Waals surface area contributed by atoms with Crippen LogP contribution in [0.3, 0.4) is 0 Å². The number of hydrazone groups is 1. The number of anilines is 2. The van der Waals surface area contributed by atoms with Gasteiger partial charge in [0.25, 0.3) is 5.91 Å². The van der Waals surface area contributed by atoms with Crippen molar-refractivity contribution in [3.05, 3.63) is 28.1 Å². The number of nitrogens with zero attached hydrogens (tertiary/aromatic N) is 2. The third-order valence-corrected chi connectivity index (χ3v) is 3.55. The molecule has 0 fully saturated rings. The maximum Gasteiger partial charge on any atom is 0.255 e. The Bertz CT molecular complexity index is 734. The standard InChI is InChI=1S/C13H14ClN5O3S/c1-21-9-3-7(2-8(14)12(9)22-5-11(16)20)4-17-19-13-18-10(15)6-23-13/h2-4,6H,5,15H2,1H3,(H2,16,20)(H,18,19). The molecule has 2 aromatic rings. The van der Waals surface area contributed by atoms with Gasteiger partial charge in [-0.2, -0.15) is 5.10 Å². The molecular weight excluding hydrogens is 342 g/mol. The molecule has 0 spiro atoms. The van der Waals surface area contributed by atoms with Gasteiger partial charge >= 0.3 is 0 Å². The summed E-state index contributed by atoms with van der Waals surface area (Å²) in [5, 5.41) is 6.57. The van der Waals surface area contributed by atoms with Crippen LogP contribution in [0.25, 0.3) is 0 Å². The lowest BCUT2D eigenvalue weighted by Gasteiger charge is -2.12. The largest absolute Gasteiger partial charge is 0.493 e. The highest BCUT2D eigenvalue weighted by molar-refractivity contribution is 7.14. The number of methoxy groups -OCH3 is 1. The predicted octanol–water partition coefficient (Wildman–Crippen LogP) is 1.70. The number of halogens is 1. The number of hydrogen-bond acceptors (Lipinski definition) is 8. The number of nitrogen functional groups attached to an aromatic ring is 1. The highest BCUT2D eigenvalue weighted by Crippen LogP contribution is 2.36. The Morgan fingerprint density at radius 3 is 2.96 bits per heavy atom. The van der Waals surface area contributed by atoms with Crippen molar-refractivity contribution in [2.24, 2.45) is 10.8 Å². The summed E-state index contributed by atoms with van der Waals surface area (Å²) in [5.41, 5.74) is 14.0. The van der Waals surface area contributed by atoms with Crippen LogP contribution in [-0.4, -0.2) is 30.8 Å². The fourth-order valence-corrected chi connectivity index (χ4v) is 2.42. The van der Waals surface area contributed by atoms with Gasteiger partial charge in [0.15, 0.2) is 18.1 Å². The number of ether oxygens (including phenoxy) is 2. The molecule has 0 radical (unpaired) electrons. The van der Waals surface area contributed by atoms with Crippen LogP contribution in [0.2, 0.25) is 5.02 Å². The van der Waals surface area contributed by atoms with Crippen molar-refractivity contribution in [2.45, 2.75) is 0 Å². The van der Waals surface area contributed by atoms with Gasteiger partial charge in [-0.1, -0.05) is 11.6 Å². The number of amides is 1. The average Bonchev–Trinajstić information content (AvgIpc) is 2.91. The van der Waals surface area contributed by atoms with Crippen LogP contribution < -0.4 is 26.4 Å². The summed E-state index contributed by atoms with van der Waals surface area (Å²) in [6, 6.07) is 3.27. The van der Waals surface area contributed by atoms with E-state index in [9.17, 15) is 4.79 Å². The molecule has 0 bridgehead atoms. The lowest BCUT2D eigenvalue weighted by atomic mass is 10.2. The summed E-state index contributed by atoms with van der Waals surface area (Å²) in [6.07, 6.45) is 1.53. The molecule has 5 N–H and O–H groups in total. The molecule has 0 saturated carbocycles. The Labute approximate surface area is 141 Å². The van der Waals surface area contributed by atoms with E-state index in [0.717, 1.165) is 0 Å². The van der Waals surface area contributed by atoms with Crippen LogP contribution in [0.15, 0.2) is 22.6 Å². The Morgan fingerprint density at radius 2 is 2.35 bits per heavy atom. The normalized spacial score (nSPS) is 10.7. The van der Waals surface area contributed by atoms with Crippen LogP contribution in [-0.2, 0) is 4.79 Å². The van der Waals surface area contributed by atoms with Gasteiger partial charge in [0.1, 0.15) is 5.82 Å². The Hall–Kier alpha value is -2.52. The minimum atomic E-state index is -0.610. The van der Waals surface area contributed by atoms with Crippen molar-refractivity contribution in [2.75, 3.05) is 24.9 Å². The van der Waals surface area contributed by atoms with Crippen LogP contribution in [0.5, 0.6) is 11.5 Å². The van der Waals surface area contributed by atoms with E-state index in [1.165, 1.54) is 24.7 Å². The summed E-state index contributed by atoms with van der Waals surface area (Å²) in [6.45, 7) is -0.295. The number of nitrogens with one attached hydrogen (secondary N) is 1. The molecule has 1 aromatic carbocycles. The number of aromatic nitrogens is 1. The van der Waals surface area contributed by atoms with E-state index in [0.29, 0.717) is 22.3 Å². The summed E-state index contributed by atoms with van der Waals surface area (Å²) < 4.78 is 10.4. The van der Waals surface area contributed by atoms with Gasteiger partial charge in [-0.05, 0) is 17.7 Å². The number of hydrogen-bond donors (Lipinski definition) is 3. The maximum atomic E-state index is 10.8. The molecule has 1 heterocycles. The van der Waals surface area contributed by atoms with Crippen molar-refractivity contribution in [1.29, 1.82) is 0 Å². The summed E-state index contributed by atoms with van der Waals surface area (Å²) in [7, 11) is 1.46. The predicted molar refractivity (Wildman–Crippen MR) is 90.4 cm³/mol. The lowest BCUT2D eigenvalue weighted by molar-refractivity contribution is -0.119. The van der Waals surface area contributed by atoms with E-state index in [2.05, 4.69) is 15.5 Å². The fraction of sp³-hybridized carbons (Fsp3) is 0.154.